The number of fused-ring (bicyclic) bond motifs is 1. The number of rotatable bonds is 2. The van der Waals surface area contributed by atoms with E-state index in [9.17, 15) is 4.79 Å². The van der Waals surface area contributed by atoms with Crippen molar-refractivity contribution in [2.75, 3.05) is 7.05 Å². The van der Waals surface area contributed by atoms with E-state index in [1.165, 1.54) is 5.57 Å². The van der Waals surface area contributed by atoms with Crippen LogP contribution in [0.5, 0.6) is 0 Å². The average molecular weight is 232 g/mol. The molecule has 1 fully saturated rings. The molecular formula is C14H20N2O. The third-order valence-corrected chi connectivity index (χ3v) is 4.63. The summed E-state index contributed by atoms with van der Waals surface area (Å²) in [6.45, 7) is 9.83. The van der Waals surface area contributed by atoms with Crippen LogP contribution in [0.1, 0.15) is 32.6 Å². The van der Waals surface area contributed by atoms with Gasteiger partial charge >= 0.3 is 0 Å². The van der Waals surface area contributed by atoms with Crippen LogP contribution in [0.25, 0.3) is 0 Å². The minimum absolute atomic E-state index is 0.141. The van der Waals surface area contributed by atoms with Gasteiger partial charge in [-0.2, -0.15) is 0 Å². The van der Waals surface area contributed by atoms with Crippen molar-refractivity contribution in [1.82, 2.24) is 4.90 Å². The van der Waals surface area contributed by atoms with Gasteiger partial charge in [0.1, 0.15) is 5.66 Å². The Labute approximate surface area is 103 Å². The summed E-state index contributed by atoms with van der Waals surface area (Å²) in [5, 5.41) is 0. The van der Waals surface area contributed by atoms with Gasteiger partial charge in [-0.05, 0) is 31.6 Å². The first-order valence-corrected chi connectivity index (χ1v) is 6.09. The SMILES string of the molecule is C=CC1=CCC[C@@]2(N=C)N(C)C(=O)CC[C@]12C. The second-order valence-corrected chi connectivity index (χ2v) is 5.16. The van der Waals surface area contributed by atoms with Crippen LogP contribution in [-0.4, -0.2) is 30.2 Å². The molecule has 0 spiro atoms. The fourth-order valence-corrected chi connectivity index (χ4v) is 3.44. The molecule has 1 aliphatic carbocycles. The number of allylic oxidation sites excluding steroid dienone is 2. The summed E-state index contributed by atoms with van der Waals surface area (Å²) < 4.78 is 0. The number of likely N-dealkylation sites (tertiary alicyclic amines) is 1. The van der Waals surface area contributed by atoms with Crippen LogP contribution in [-0.2, 0) is 4.79 Å². The lowest BCUT2D eigenvalue weighted by Gasteiger charge is -2.56. The van der Waals surface area contributed by atoms with E-state index in [1.807, 2.05) is 13.1 Å². The fourth-order valence-electron chi connectivity index (χ4n) is 3.44. The van der Waals surface area contributed by atoms with Gasteiger partial charge in [0.05, 0.1) is 0 Å². The molecule has 3 heteroatoms. The largest absolute Gasteiger partial charge is 0.320 e. The lowest BCUT2D eigenvalue weighted by molar-refractivity contribution is -0.148. The normalized spacial score (nSPS) is 37.2. The quantitative estimate of drug-likeness (QED) is 0.673. The van der Waals surface area contributed by atoms with E-state index in [1.54, 1.807) is 4.90 Å². The van der Waals surface area contributed by atoms with Crippen molar-refractivity contribution in [2.24, 2.45) is 10.4 Å². The Bertz CT molecular complexity index is 412. The lowest BCUT2D eigenvalue weighted by atomic mass is 9.61. The summed E-state index contributed by atoms with van der Waals surface area (Å²) in [5.74, 6) is 0.167. The average Bonchev–Trinajstić information content (AvgIpc) is 2.34. The third kappa shape index (κ3) is 1.34. The maximum absolute atomic E-state index is 11.9. The highest BCUT2D eigenvalue weighted by molar-refractivity contribution is 5.79. The summed E-state index contributed by atoms with van der Waals surface area (Å²) in [7, 11) is 1.85. The van der Waals surface area contributed by atoms with Gasteiger partial charge in [-0.1, -0.05) is 25.7 Å². The zero-order valence-corrected chi connectivity index (χ0v) is 10.7. The van der Waals surface area contributed by atoms with Crippen molar-refractivity contribution < 1.29 is 4.79 Å². The molecule has 2 atom stereocenters. The van der Waals surface area contributed by atoms with E-state index in [0.29, 0.717) is 6.42 Å². The smallest absolute Gasteiger partial charge is 0.224 e. The number of carbonyl (C=O) groups excluding carboxylic acids is 1. The molecule has 2 rings (SSSR count). The Balaban J connectivity index is 2.58. The monoisotopic (exact) mass is 232 g/mol. The van der Waals surface area contributed by atoms with Crippen LogP contribution in [0.4, 0.5) is 0 Å². The molecule has 0 aromatic heterocycles. The molecule has 0 unspecified atom stereocenters. The first-order chi connectivity index (χ1) is 8.02. The molecule has 0 bridgehead atoms. The minimum atomic E-state index is -0.486. The molecule has 2 aliphatic rings. The van der Waals surface area contributed by atoms with Crippen molar-refractivity contribution in [2.45, 2.75) is 38.3 Å². The van der Waals surface area contributed by atoms with Gasteiger partial charge in [-0.15, -0.1) is 0 Å². The maximum atomic E-state index is 11.9. The second kappa shape index (κ2) is 3.83. The Morgan fingerprint density at radius 1 is 1.53 bits per heavy atom. The van der Waals surface area contributed by atoms with Crippen LogP contribution < -0.4 is 0 Å². The summed E-state index contributed by atoms with van der Waals surface area (Å²) >= 11 is 0. The highest BCUT2D eigenvalue weighted by atomic mass is 16.2. The topological polar surface area (TPSA) is 32.7 Å². The van der Waals surface area contributed by atoms with Crippen LogP contribution in [0.3, 0.4) is 0 Å². The van der Waals surface area contributed by atoms with Crippen molar-refractivity contribution in [3.8, 4) is 0 Å². The zero-order valence-electron chi connectivity index (χ0n) is 10.7. The molecule has 1 heterocycles. The molecule has 1 amide bonds. The molecule has 1 aliphatic heterocycles. The number of aliphatic imine (C=N–C) groups is 1. The summed E-state index contributed by atoms with van der Waals surface area (Å²) in [6.07, 6.45) is 7.31. The van der Waals surface area contributed by atoms with Crippen LogP contribution in [0.2, 0.25) is 0 Å². The van der Waals surface area contributed by atoms with Crippen molar-refractivity contribution in [3.05, 3.63) is 24.3 Å². The number of hydrogen-bond acceptors (Lipinski definition) is 2. The maximum Gasteiger partial charge on any atom is 0.224 e. The van der Waals surface area contributed by atoms with Gasteiger partial charge in [-0.3, -0.25) is 9.79 Å². The predicted molar refractivity (Wildman–Crippen MR) is 69.9 cm³/mol. The third-order valence-electron chi connectivity index (χ3n) is 4.63. The molecule has 0 saturated carbocycles. The molecule has 0 aromatic rings. The zero-order chi connectivity index (χ0) is 12.7. The molecular weight excluding hydrogens is 212 g/mol. The summed E-state index contributed by atoms with van der Waals surface area (Å²) in [5.41, 5.74) is 0.577. The molecule has 0 N–H and O–H groups in total. The van der Waals surface area contributed by atoms with E-state index < -0.39 is 5.66 Å². The molecule has 0 aromatic carbocycles. The van der Waals surface area contributed by atoms with E-state index in [2.05, 4.69) is 31.3 Å². The predicted octanol–water partition coefficient (Wildman–Crippen LogP) is 2.55. The number of amides is 1. The molecule has 17 heavy (non-hydrogen) atoms. The first kappa shape index (κ1) is 12.1. The van der Waals surface area contributed by atoms with Gasteiger partial charge in [0.15, 0.2) is 0 Å². The van der Waals surface area contributed by atoms with E-state index in [-0.39, 0.29) is 11.3 Å². The Hall–Kier alpha value is -1.38. The number of nitrogens with zero attached hydrogens (tertiary/aromatic N) is 2. The van der Waals surface area contributed by atoms with Gasteiger partial charge < -0.3 is 4.90 Å². The molecule has 92 valence electrons. The van der Waals surface area contributed by atoms with Gasteiger partial charge in [0.2, 0.25) is 5.91 Å². The summed E-state index contributed by atoms with van der Waals surface area (Å²) in [6, 6.07) is 0. The minimum Gasteiger partial charge on any atom is -0.320 e. The summed E-state index contributed by atoms with van der Waals surface area (Å²) in [4.78, 5) is 18.1. The number of piperidine rings is 1. The van der Waals surface area contributed by atoms with E-state index >= 15 is 0 Å². The first-order valence-electron chi connectivity index (χ1n) is 6.09. The van der Waals surface area contributed by atoms with Crippen LogP contribution in [0, 0.1) is 5.41 Å². The molecule has 0 radical (unpaired) electrons. The van der Waals surface area contributed by atoms with Crippen molar-refractivity contribution in [3.63, 3.8) is 0 Å². The van der Waals surface area contributed by atoms with Gasteiger partial charge in [-0.25, -0.2) is 0 Å². The number of hydrogen-bond donors (Lipinski definition) is 0. The van der Waals surface area contributed by atoms with Crippen LogP contribution in [0.15, 0.2) is 29.3 Å². The molecule has 3 nitrogen and oxygen atoms in total. The standard InChI is InChI=1S/C14H20N2O/c1-5-11-7-6-9-14(15-3)13(11,2)10-8-12(17)16(14)4/h5,7H,1,3,6,8-10H2,2,4H3/t13-,14-/m1/s1. The fraction of sp³-hybridized carbons (Fsp3) is 0.571. The van der Waals surface area contributed by atoms with Crippen LogP contribution >= 0.6 is 0 Å². The van der Waals surface area contributed by atoms with E-state index in [0.717, 1.165) is 19.3 Å². The van der Waals surface area contributed by atoms with E-state index in [4.69, 9.17) is 0 Å². The van der Waals surface area contributed by atoms with Gasteiger partial charge in [0.25, 0.3) is 0 Å². The molecule has 1 saturated heterocycles. The van der Waals surface area contributed by atoms with Gasteiger partial charge in [0, 0.05) is 18.9 Å². The van der Waals surface area contributed by atoms with Crippen molar-refractivity contribution in [1.29, 1.82) is 0 Å². The van der Waals surface area contributed by atoms with Crippen molar-refractivity contribution >= 4 is 12.6 Å². The highest BCUT2D eigenvalue weighted by Crippen LogP contribution is 2.54. The lowest BCUT2D eigenvalue weighted by Crippen LogP contribution is -2.63. The second-order valence-electron chi connectivity index (χ2n) is 5.16. The number of carbonyl (C=O) groups is 1. The Morgan fingerprint density at radius 3 is 2.82 bits per heavy atom. The Morgan fingerprint density at radius 2 is 2.24 bits per heavy atom. The highest BCUT2D eigenvalue weighted by Gasteiger charge is 2.57. The Kier molecular flexibility index (Phi) is 2.72.